The maximum absolute atomic E-state index is 11.6. The van der Waals surface area contributed by atoms with Crippen LogP contribution in [0.25, 0.3) is 0 Å². The molecule has 1 aromatic rings. The maximum atomic E-state index is 11.6. The minimum Gasteiger partial charge on any atom is -0.356 e. The smallest absolute Gasteiger partial charge is 0.215 e. The number of halogens is 1. The molecule has 0 unspecified atom stereocenters. The van der Waals surface area contributed by atoms with Gasteiger partial charge in [0.15, 0.2) is 5.96 Å². The van der Waals surface area contributed by atoms with Crippen LogP contribution in [0.3, 0.4) is 0 Å². The molecule has 0 atom stereocenters. The van der Waals surface area contributed by atoms with Gasteiger partial charge in [0.2, 0.25) is 10.0 Å². The summed E-state index contributed by atoms with van der Waals surface area (Å²) in [7, 11) is -0.0998. The quantitative estimate of drug-likeness (QED) is 0.341. The second-order valence-electron chi connectivity index (χ2n) is 4.64. The lowest BCUT2D eigenvalue weighted by atomic mass is 10.1. The number of guanidine groups is 1. The van der Waals surface area contributed by atoms with E-state index in [1.165, 1.54) is 7.05 Å². The Kier molecular flexibility index (Phi) is 10.4. The summed E-state index contributed by atoms with van der Waals surface area (Å²) in [5, 5.41) is 6.38. The summed E-state index contributed by atoms with van der Waals surface area (Å²) in [6.07, 6.45) is 1.03. The molecule has 0 radical (unpaired) electrons. The fraction of sp³-hybridized carbons (Fsp3) is 0.500. The van der Waals surface area contributed by atoms with Crippen molar-refractivity contribution in [2.45, 2.75) is 25.6 Å². The molecule has 3 N–H and O–H groups in total. The first-order valence-corrected chi connectivity index (χ1v) is 8.59. The van der Waals surface area contributed by atoms with Crippen molar-refractivity contribution in [3.05, 3.63) is 35.4 Å². The molecule has 1 rings (SSSR count). The Hall–Kier alpha value is -0.870. The summed E-state index contributed by atoms with van der Waals surface area (Å²) in [6.45, 7) is 3.54. The van der Waals surface area contributed by atoms with Crippen LogP contribution in [0.5, 0.6) is 0 Å². The minimum absolute atomic E-state index is 0. The van der Waals surface area contributed by atoms with Gasteiger partial charge in [-0.15, -0.1) is 24.0 Å². The average Bonchev–Trinajstić information content (AvgIpc) is 2.47. The Bertz CT molecular complexity index is 576. The van der Waals surface area contributed by atoms with Crippen LogP contribution < -0.4 is 15.4 Å². The van der Waals surface area contributed by atoms with E-state index in [-0.39, 0.29) is 29.7 Å². The highest BCUT2D eigenvalue weighted by molar-refractivity contribution is 14.0. The summed E-state index contributed by atoms with van der Waals surface area (Å²) in [5.74, 6) is 0.727. The number of aliphatic imine (C=N–C) groups is 1. The molecular weight excluding hydrogens is 415 g/mol. The Morgan fingerprint density at radius 1 is 1.23 bits per heavy atom. The average molecular weight is 440 g/mol. The fourth-order valence-corrected chi connectivity index (χ4v) is 2.53. The lowest BCUT2D eigenvalue weighted by Crippen LogP contribution is -2.37. The second-order valence-corrected chi connectivity index (χ2v) is 6.56. The van der Waals surface area contributed by atoms with Crippen LogP contribution >= 0.6 is 24.0 Å². The van der Waals surface area contributed by atoms with Crippen LogP contribution in [0.2, 0.25) is 0 Å². The normalized spacial score (nSPS) is 11.7. The molecule has 0 spiro atoms. The topological polar surface area (TPSA) is 82.6 Å². The molecule has 22 heavy (non-hydrogen) atoms. The molecule has 0 bridgehead atoms. The van der Waals surface area contributed by atoms with Gasteiger partial charge in [0.05, 0.1) is 5.75 Å². The minimum atomic E-state index is -3.24. The molecule has 1 aromatic carbocycles. The summed E-state index contributed by atoms with van der Waals surface area (Å²) in [4.78, 5) is 4.12. The van der Waals surface area contributed by atoms with Crippen molar-refractivity contribution >= 4 is 40.0 Å². The fourth-order valence-electron chi connectivity index (χ4n) is 1.77. The standard InChI is InChI=1S/C14H24N4O2S.HI/c1-4-8-17-14(15-2)18-10-12-6-5-7-13(9-12)11-21(19,20)16-3;/h5-7,9,16H,4,8,10-11H2,1-3H3,(H2,15,17,18);1H. The number of rotatable bonds is 7. The van der Waals surface area contributed by atoms with Crippen molar-refractivity contribution in [2.24, 2.45) is 4.99 Å². The van der Waals surface area contributed by atoms with Gasteiger partial charge in [0, 0.05) is 20.1 Å². The van der Waals surface area contributed by atoms with Gasteiger partial charge >= 0.3 is 0 Å². The van der Waals surface area contributed by atoms with Crippen LogP contribution in [0.15, 0.2) is 29.3 Å². The Morgan fingerprint density at radius 2 is 1.91 bits per heavy atom. The predicted octanol–water partition coefficient (Wildman–Crippen LogP) is 1.43. The number of hydrogen-bond donors (Lipinski definition) is 3. The van der Waals surface area contributed by atoms with Crippen molar-refractivity contribution in [2.75, 3.05) is 20.6 Å². The van der Waals surface area contributed by atoms with E-state index in [1.54, 1.807) is 7.05 Å². The Balaban J connectivity index is 0.00000441. The van der Waals surface area contributed by atoms with E-state index in [0.717, 1.165) is 30.1 Å². The van der Waals surface area contributed by atoms with Crippen molar-refractivity contribution in [1.29, 1.82) is 0 Å². The van der Waals surface area contributed by atoms with Crippen molar-refractivity contribution in [3.63, 3.8) is 0 Å². The molecule has 0 saturated carbocycles. The zero-order chi connectivity index (χ0) is 15.7. The zero-order valence-corrected chi connectivity index (χ0v) is 16.4. The van der Waals surface area contributed by atoms with Gasteiger partial charge in [0.1, 0.15) is 0 Å². The molecule has 0 aliphatic heterocycles. The third kappa shape index (κ3) is 7.95. The van der Waals surface area contributed by atoms with Gasteiger partial charge in [-0.1, -0.05) is 31.2 Å². The van der Waals surface area contributed by atoms with Gasteiger partial charge in [-0.3, -0.25) is 4.99 Å². The predicted molar refractivity (Wildman–Crippen MR) is 102 cm³/mol. The monoisotopic (exact) mass is 440 g/mol. The van der Waals surface area contributed by atoms with Gasteiger partial charge in [-0.2, -0.15) is 0 Å². The Labute approximate surface area is 150 Å². The van der Waals surface area contributed by atoms with Gasteiger partial charge < -0.3 is 10.6 Å². The van der Waals surface area contributed by atoms with E-state index < -0.39 is 10.0 Å². The van der Waals surface area contributed by atoms with Crippen molar-refractivity contribution < 1.29 is 8.42 Å². The summed E-state index contributed by atoms with van der Waals surface area (Å²) < 4.78 is 25.4. The third-order valence-corrected chi connectivity index (χ3v) is 4.22. The number of nitrogens with zero attached hydrogens (tertiary/aromatic N) is 1. The van der Waals surface area contributed by atoms with Crippen LogP contribution in [0.4, 0.5) is 0 Å². The second kappa shape index (κ2) is 10.8. The number of hydrogen-bond acceptors (Lipinski definition) is 3. The highest BCUT2D eigenvalue weighted by Gasteiger charge is 2.08. The first kappa shape index (κ1) is 21.1. The Morgan fingerprint density at radius 3 is 2.50 bits per heavy atom. The van der Waals surface area contributed by atoms with E-state index in [4.69, 9.17) is 0 Å². The molecule has 0 fully saturated rings. The molecule has 8 heteroatoms. The highest BCUT2D eigenvalue weighted by atomic mass is 127. The lowest BCUT2D eigenvalue weighted by molar-refractivity contribution is 0.587. The van der Waals surface area contributed by atoms with E-state index >= 15 is 0 Å². The highest BCUT2D eigenvalue weighted by Crippen LogP contribution is 2.08. The number of sulfonamides is 1. The molecule has 126 valence electrons. The van der Waals surface area contributed by atoms with Gasteiger partial charge in [-0.05, 0) is 24.6 Å². The molecule has 0 heterocycles. The van der Waals surface area contributed by atoms with E-state index in [9.17, 15) is 8.42 Å². The third-order valence-electron chi connectivity index (χ3n) is 2.89. The maximum Gasteiger partial charge on any atom is 0.215 e. The van der Waals surface area contributed by atoms with Crippen molar-refractivity contribution in [1.82, 2.24) is 15.4 Å². The van der Waals surface area contributed by atoms with E-state index in [0.29, 0.717) is 6.54 Å². The van der Waals surface area contributed by atoms with Gasteiger partial charge in [-0.25, -0.2) is 13.1 Å². The van der Waals surface area contributed by atoms with Crippen LogP contribution in [-0.2, 0) is 22.3 Å². The first-order chi connectivity index (χ1) is 10.0. The molecule has 0 aliphatic rings. The van der Waals surface area contributed by atoms with E-state index in [2.05, 4.69) is 27.3 Å². The summed E-state index contributed by atoms with van der Waals surface area (Å²) in [5.41, 5.74) is 1.78. The number of benzene rings is 1. The lowest BCUT2D eigenvalue weighted by Gasteiger charge is -2.12. The summed E-state index contributed by atoms with van der Waals surface area (Å²) >= 11 is 0. The molecule has 0 aliphatic carbocycles. The van der Waals surface area contributed by atoms with E-state index in [1.807, 2.05) is 24.3 Å². The molecule has 0 aromatic heterocycles. The van der Waals surface area contributed by atoms with Crippen LogP contribution in [0, 0.1) is 0 Å². The molecular formula is C14H25IN4O2S. The molecule has 0 saturated heterocycles. The summed E-state index contributed by atoms with van der Waals surface area (Å²) in [6, 6.07) is 7.51. The van der Waals surface area contributed by atoms with Crippen molar-refractivity contribution in [3.8, 4) is 0 Å². The van der Waals surface area contributed by atoms with Gasteiger partial charge in [0.25, 0.3) is 0 Å². The van der Waals surface area contributed by atoms with Crippen LogP contribution in [0.1, 0.15) is 24.5 Å². The largest absolute Gasteiger partial charge is 0.356 e. The SMILES string of the molecule is CCCNC(=NC)NCc1cccc(CS(=O)(=O)NC)c1.I. The molecule has 0 amide bonds. The first-order valence-electron chi connectivity index (χ1n) is 6.94. The molecule has 6 nitrogen and oxygen atoms in total. The van der Waals surface area contributed by atoms with Crippen LogP contribution in [-0.4, -0.2) is 35.0 Å². The number of nitrogens with one attached hydrogen (secondary N) is 3. The zero-order valence-electron chi connectivity index (χ0n) is 13.2.